The van der Waals surface area contributed by atoms with E-state index in [0.717, 1.165) is 32.8 Å². The van der Waals surface area contributed by atoms with E-state index in [0.29, 0.717) is 11.5 Å². The number of nitrogens with zero attached hydrogens (tertiary/aromatic N) is 2. The number of ether oxygens (including phenoxy) is 2. The molecule has 2 aromatic carbocycles. The van der Waals surface area contributed by atoms with Crippen LogP contribution in [0.25, 0.3) is 21.3 Å². The van der Waals surface area contributed by atoms with Crippen molar-refractivity contribution < 1.29 is 9.47 Å². The van der Waals surface area contributed by atoms with Crippen LogP contribution in [0.1, 0.15) is 5.56 Å². The van der Waals surface area contributed by atoms with Crippen LogP contribution in [0.15, 0.2) is 48.1 Å². The molecule has 0 aliphatic heterocycles. The van der Waals surface area contributed by atoms with Gasteiger partial charge in [0.25, 0.3) is 0 Å². The highest BCUT2D eigenvalue weighted by Crippen LogP contribution is 2.40. The molecule has 0 spiro atoms. The van der Waals surface area contributed by atoms with E-state index in [4.69, 9.17) is 9.47 Å². The Balaban J connectivity index is 1.83. The van der Waals surface area contributed by atoms with Gasteiger partial charge in [0.1, 0.15) is 17.0 Å². The van der Waals surface area contributed by atoms with Gasteiger partial charge in [-0.05, 0) is 71.0 Å². The molecule has 0 aliphatic rings. The van der Waals surface area contributed by atoms with Gasteiger partial charge in [-0.15, -0.1) is 11.3 Å². The predicted molar refractivity (Wildman–Crippen MR) is 123 cm³/mol. The van der Waals surface area contributed by atoms with Crippen molar-refractivity contribution in [1.82, 2.24) is 9.97 Å². The average molecular weight is 503 g/mol. The van der Waals surface area contributed by atoms with Crippen molar-refractivity contribution in [2.24, 2.45) is 0 Å². The molecule has 0 radical (unpaired) electrons. The zero-order valence-corrected chi connectivity index (χ0v) is 18.6. The molecule has 4 aromatic rings. The summed E-state index contributed by atoms with van der Waals surface area (Å²) in [5.74, 6) is 2.19. The zero-order valence-electron chi connectivity index (χ0n) is 15.6. The molecule has 0 aliphatic carbocycles. The van der Waals surface area contributed by atoms with Crippen LogP contribution in [0.3, 0.4) is 0 Å². The molecule has 4 rings (SSSR count). The van der Waals surface area contributed by atoms with Crippen molar-refractivity contribution in [2.75, 3.05) is 19.5 Å². The molecule has 7 heteroatoms. The minimum atomic E-state index is 0.694. The standard InChI is InChI=1S/C21H18IN3O2S/c1-12-8-14(22)5-6-16(12)25-20-19-15(10-28-21(19)24-11-23-20)13-4-7-17(26-2)18(9-13)27-3/h4-11H,1-3H3,(H,23,24,25). The second-order valence-corrected chi connectivity index (χ2v) is 8.31. The molecule has 0 saturated heterocycles. The Morgan fingerprint density at radius 3 is 2.57 bits per heavy atom. The van der Waals surface area contributed by atoms with Crippen LogP contribution in [-0.2, 0) is 0 Å². The molecule has 0 saturated carbocycles. The van der Waals surface area contributed by atoms with E-state index in [1.807, 2.05) is 18.2 Å². The Kier molecular flexibility index (Phi) is 5.36. The molecule has 5 nitrogen and oxygen atoms in total. The fourth-order valence-corrected chi connectivity index (χ4v) is 4.64. The third-order valence-corrected chi connectivity index (χ3v) is 6.06. The Morgan fingerprint density at radius 1 is 1.00 bits per heavy atom. The molecule has 0 unspecified atom stereocenters. The first kappa shape index (κ1) is 18.9. The minimum Gasteiger partial charge on any atom is -0.493 e. The Labute approximate surface area is 180 Å². The molecule has 2 heterocycles. The van der Waals surface area contributed by atoms with Crippen LogP contribution < -0.4 is 14.8 Å². The number of hydrogen-bond donors (Lipinski definition) is 1. The summed E-state index contributed by atoms with van der Waals surface area (Å²) >= 11 is 3.92. The maximum atomic E-state index is 5.47. The monoisotopic (exact) mass is 503 g/mol. The van der Waals surface area contributed by atoms with Gasteiger partial charge in [0.05, 0.1) is 19.6 Å². The predicted octanol–water partition coefficient (Wildman–Crippen LogP) is 6.03. The maximum Gasteiger partial charge on any atom is 0.161 e. The molecule has 0 bridgehead atoms. The van der Waals surface area contributed by atoms with Gasteiger partial charge in [-0.25, -0.2) is 9.97 Å². The van der Waals surface area contributed by atoms with Gasteiger partial charge in [0, 0.05) is 20.2 Å². The number of rotatable bonds is 5. The van der Waals surface area contributed by atoms with Gasteiger partial charge in [-0.2, -0.15) is 0 Å². The summed E-state index contributed by atoms with van der Waals surface area (Å²) in [6.07, 6.45) is 1.60. The molecule has 0 atom stereocenters. The minimum absolute atomic E-state index is 0.694. The second-order valence-electron chi connectivity index (χ2n) is 6.21. The molecule has 0 fully saturated rings. The Morgan fingerprint density at radius 2 is 1.82 bits per heavy atom. The first-order chi connectivity index (χ1) is 13.6. The van der Waals surface area contributed by atoms with E-state index < -0.39 is 0 Å². The quantitative estimate of drug-likeness (QED) is 0.337. The van der Waals surface area contributed by atoms with Gasteiger partial charge < -0.3 is 14.8 Å². The van der Waals surface area contributed by atoms with Gasteiger partial charge >= 0.3 is 0 Å². The fraction of sp³-hybridized carbons (Fsp3) is 0.143. The van der Waals surface area contributed by atoms with Crippen molar-refractivity contribution >= 4 is 55.6 Å². The lowest BCUT2D eigenvalue weighted by Gasteiger charge is -2.12. The molecular formula is C21H18IN3O2S. The summed E-state index contributed by atoms with van der Waals surface area (Å²) in [7, 11) is 3.28. The number of hydrogen-bond acceptors (Lipinski definition) is 6. The van der Waals surface area contributed by atoms with Crippen molar-refractivity contribution in [3.63, 3.8) is 0 Å². The highest BCUT2D eigenvalue weighted by Gasteiger charge is 2.15. The summed E-state index contributed by atoms with van der Waals surface area (Å²) in [6.45, 7) is 2.09. The van der Waals surface area contributed by atoms with Crippen molar-refractivity contribution in [1.29, 1.82) is 0 Å². The lowest BCUT2D eigenvalue weighted by molar-refractivity contribution is 0.355. The summed E-state index contributed by atoms with van der Waals surface area (Å²) in [6, 6.07) is 12.2. The number of halogens is 1. The van der Waals surface area contributed by atoms with Crippen LogP contribution in [0.2, 0.25) is 0 Å². The molecule has 1 N–H and O–H groups in total. The Hall–Kier alpha value is -2.39. The normalized spacial score (nSPS) is 10.9. The number of nitrogens with one attached hydrogen (secondary N) is 1. The van der Waals surface area contributed by atoms with Crippen LogP contribution in [0.5, 0.6) is 11.5 Å². The number of methoxy groups -OCH3 is 2. The number of anilines is 2. The van der Waals surface area contributed by atoms with Crippen LogP contribution in [-0.4, -0.2) is 24.2 Å². The largest absolute Gasteiger partial charge is 0.493 e. The third kappa shape index (κ3) is 3.51. The zero-order chi connectivity index (χ0) is 19.7. The van der Waals surface area contributed by atoms with Gasteiger partial charge in [0.15, 0.2) is 11.5 Å². The molecule has 2 aromatic heterocycles. The third-order valence-electron chi connectivity index (χ3n) is 4.51. The summed E-state index contributed by atoms with van der Waals surface area (Å²) in [4.78, 5) is 9.92. The van der Waals surface area contributed by atoms with Gasteiger partial charge in [-0.3, -0.25) is 0 Å². The Bertz CT molecular complexity index is 1160. The topological polar surface area (TPSA) is 56.3 Å². The fourth-order valence-electron chi connectivity index (χ4n) is 3.08. The molecule has 28 heavy (non-hydrogen) atoms. The summed E-state index contributed by atoms with van der Waals surface area (Å²) in [5, 5.41) is 6.59. The van der Waals surface area contributed by atoms with Gasteiger partial charge in [0.2, 0.25) is 0 Å². The smallest absolute Gasteiger partial charge is 0.161 e. The maximum absolute atomic E-state index is 5.47. The lowest BCUT2D eigenvalue weighted by atomic mass is 10.1. The van der Waals surface area contributed by atoms with E-state index in [-0.39, 0.29) is 0 Å². The van der Waals surface area contributed by atoms with Crippen LogP contribution in [0, 0.1) is 10.5 Å². The SMILES string of the molecule is COc1ccc(-c2csc3ncnc(Nc4ccc(I)cc4C)c23)cc1OC. The van der Waals surface area contributed by atoms with Crippen molar-refractivity contribution in [3.05, 3.63) is 57.2 Å². The number of aryl methyl sites for hydroxylation is 1. The van der Waals surface area contributed by atoms with E-state index >= 15 is 0 Å². The van der Waals surface area contributed by atoms with E-state index in [9.17, 15) is 0 Å². The lowest BCUT2D eigenvalue weighted by Crippen LogP contribution is -1.98. The molecule has 0 amide bonds. The van der Waals surface area contributed by atoms with Gasteiger partial charge in [-0.1, -0.05) is 6.07 Å². The number of fused-ring (bicyclic) bond motifs is 1. The second kappa shape index (κ2) is 7.92. The van der Waals surface area contributed by atoms with Crippen LogP contribution in [0.4, 0.5) is 11.5 Å². The number of aromatic nitrogens is 2. The highest BCUT2D eigenvalue weighted by atomic mass is 127. The van der Waals surface area contributed by atoms with E-state index in [2.05, 4.69) is 68.4 Å². The van der Waals surface area contributed by atoms with Crippen LogP contribution >= 0.6 is 33.9 Å². The molecule has 142 valence electrons. The summed E-state index contributed by atoms with van der Waals surface area (Å²) in [5.41, 5.74) is 4.29. The summed E-state index contributed by atoms with van der Waals surface area (Å²) < 4.78 is 12.0. The first-order valence-electron chi connectivity index (χ1n) is 8.58. The first-order valence-corrected chi connectivity index (χ1v) is 10.5. The molecular weight excluding hydrogens is 485 g/mol. The van der Waals surface area contributed by atoms with E-state index in [1.54, 1.807) is 31.9 Å². The highest BCUT2D eigenvalue weighted by molar-refractivity contribution is 14.1. The average Bonchev–Trinajstić information content (AvgIpc) is 3.14. The van der Waals surface area contributed by atoms with Crippen molar-refractivity contribution in [2.45, 2.75) is 6.92 Å². The number of benzene rings is 2. The van der Waals surface area contributed by atoms with Crippen molar-refractivity contribution in [3.8, 4) is 22.6 Å². The number of thiophene rings is 1. The van der Waals surface area contributed by atoms with E-state index in [1.165, 1.54) is 9.13 Å².